The molecule has 0 amide bonds. The summed E-state index contributed by atoms with van der Waals surface area (Å²) >= 11 is 0. The summed E-state index contributed by atoms with van der Waals surface area (Å²) in [6, 6.07) is 70.6. The fraction of sp³-hybridized carbons (Fsp3) is 0.0943. The maximum atomic E-state index is 6.34. The van der Waals surface area contributed by atoms with Crippen LogP contribution < -0.4 is 9.80 Å². The third-order valence-corrected chi connectivity index (χ3v) is 12.2. The highest BCUT2D eigenvalue weighted by atomic mass is 16.3. The van der Waals surface area contributed by atoms with Crippen molar-refractivity contribution < 1.29 is 4.42 Å². The zero-order valence-electron chi connectivity index (χ0n) is 31.1. The van der Waals surface area contributed by atoms with Crippen molar-refractivity contribution in [1.82, 2.24) is 0 Å². The molecule has 1 spiro atoms. The second-order valence-electron chi connectivity index (χ2n) is 15.2. The number of aryl methyl sites for hydroxylation is 2. The highest BCUT2D eigenvalue weighted by Crippen LogP contribution is 2.60. The minimum absolute atomic E-state index is 0.158. The van der Waals surface area contributed by atoms with Crippen molar-refractivity contribution in [2.75, 3.05) is 9.80 Å². The molecule has 0 aliphatic heterocycles. The van der Waals surface area contributed by atoms with E-state index in [4.69, 9.17) is 4.42 Å². The van der Waals surface area contributed by atoms with Gasteiger partial charge in [-0.15, -0.1) is 0 Å². The second kappa shape index (κ2) is 13.2. The number of rotatable bonds is 7. The Morgan fingerprint density at radius 2 is 0.857 bits per heavy atom. The third-order valence-electron chi connectivity index (χ3n) is 12.2. The smallest absolute Gasteiger partial charge is 0.135 e. The molecule has 3 heteroatoms. The number of fused-ring (bicyclic) bond motifs is 7. The van der Waals surface area contributed by atoms with Crippen molar-refractivity contribution in [1.29, 1.82) is 0 Å². The van der Waals surface area contributed by atoms with E-state index in [2.05, 4.69) is 198 Å². The number of para-hydroxylation sites is 3. The average Bonchev–Trinajstić information content (AvgIpc) is 3.96. The van der Waals surface area contributed by atoms with Crippen molar-refractivity contribution >= 4 is 56.1 Å². The number of furan rings is 1. The van der Waals surface area contributed by atoms with Crippen LogP contribution in [0, 0.1) is 0 Å². The number of anilines is 6. The molecule has 0 radical (unpaired) electrons. The summed E-state index contributed by atoms with van der Waals surface area (Å²) in [7, 11) is 0. The molecule has 11 rings (SSSR count). The van der Waals surface area contributed by atoms with Gasteiger partial charge in [-0.05, 0) is 132 Å². The molecule has 9 aromatic rings. The summed E-state index contributed by atoms with van der Waals surface area (Å²) in [6.07, 6.45) is 4.24. The molecule has 1 heterocycles. The molecule has 1 aromatic heterocycles. The Bertz CT molecular complexity index is 2820. The molecule has 2 aliphatic carbocycles. The first kappa shape index (κ1) is 32.6. The van der Waals surface area contributed by atoms with Crippen molar-refractivity contribution in [3.05, 3.63) is 216 Å². The lowest BCUT2D eigenvalue weighted by Crippen LogP contribution is -2.27. The van der Waals surface area contributed by atoms with Crippen LogP contribution in [0.25, 0.3) is 33.1 Å². The minimum Gasteiger partial charge on any atom is -0.456 e. The molecule has 0 fully saturated rings. The van der Waals surface area contributed by atoms with E-state index in [-0.39, 0.29) is 5.41 Å². The summed E-state index contributed by atoms with van der Waals surface area (Å²) in [6.45, 7) is 0. The highest BCUT2D eigenvalue weighted by molar-refractivity contribution is 6.06. The maximum Gasteiger partial charge on any atom is 0.135 e. The second-order valence-corrected chi connectivity index (χ2v) is 15.2. The molecular weight excluding hydrogens is 681 g/mol. The lowest BCUT2D eigenvalue weighted by atomic mass is 9.74. The van der Waals surface area contributed by atoms with Gasteiger partial charge in [-0.25, -0.2) is 0 Å². The van der Waals surface area contributed by atoms with Gasteiger partial charge in [-0.1, -0.05) is 121 Å². The summed E-state index contributed by atoms with van der Waals surface area (Å²) in [5.74, 6) is 0. The number of hydrogen-bond donors (Lipinski definition) is 0. The van der Waals surface area contributed by atoms with E-state index in [1.54, 1.807) is 0 Å². The van der Waals surface area contributed by atoms with Gasteiger partial charge in [0.1, 0.15) is 11.2 Å². The molecule has 1 atom stereocenters. The predicted molar refractivity (Wildman–Crippen MR) is 232 cm³/mol. The van der Waals surface area contributed by atoms with Gasteiger partial charge in [-0.3, -0.25) is 0 Å². The molecule has 8 aromatic carbocycles. The largest absolute Gasteiger partial charge is 0.456 e. The van der Waals surface area contributed by atoms with E-state index in [1.165, 1.54) is 56.1 Å². The van der Waals surface area contributed by atoms with Gasteiger partial charge >= 0.3 is 0 Å². The van der Waals surface area contributed by atoms with Crippen LogP contribution in [0.5, 0.6) is 0 Å². The van der Waals surface area contributed by atoms with Gasteiger partial charge in [0.25, 0.3) is 0 Å². The molecule has 0 N–H and O–H groups in total. The SMILES string of the molecule is c1ccc(-c2ccc(N(c3ccc4oc5ccccc5c4c3)c3cccc4c3[C@]3(CCc5cccc(N(c6ccccc6)c6ccccc6)c53)CC4)cc2)cc1. The lowest BCUT2D eigenvalue weighted by Gasteiger charge is -2.37. The van der Waals surface area contributed by atoms with Crippen LogP contribution in [-0.2, 0) is 18.3 Å². The summed E-state index contributed by atoms with van der Waals surface area (Å²) in [4.78, 5) is 4.99. The van der Waals surface area contributed by atoms with E-state index >= 15 is 0 Å². The topological polar surface area (TPSA) is 19.6 Å². The van der Waals surface area contributed by atoms with E-state index < -0.39 is 0 Å². The molecule has 56 heavy (non-hydrogen) atoms. The van der Waals surface area contributed by atoms with E-state index in [0.29, 0.717) is 0 Å². The first-order chi connectivity index (χ1) is 27.7. The highest BCUT2D eigenvalue weighted by Gasteiger charge is 2.49. The molecule has 0 bridgehead atoms. The fourth-order valence-corrected chi connectivity index (χ4v) is 9.81. The number of nitrogens with zero attached hydrogens (tertiary/aromatic N) is 2. The van der Waals surface area contributed by atoms with Gasteiger partial charge in [0.15, 0.2) is 0 Å². The van der Waals surface area contributed by atoms with E-state index in [9.17, 15) is 0 Å². The van der Waals surface area contributed by atoms with E-state index in [0.717, 1.165) is 59.0 Å². The van der Waals surface area contributed by atoms with Gasteiger partial charge in [-0.2, -0.15) is 0 Å². The lowest BCUT2D eigenvalue weighted by molar-refractivity contribution is 0.508. The van der Waals surface area contributed by atoms with Gasteiger partial charge in [0, 0.05) is 38.9 Å². The predicted octanol–water partition coefficient (Wildman–Crippen LogP) is 14.4. The Balaban J connectivity index is 1.13. The van der Waals surface area contributed by atoms with Crippen LogP contribution in [0.4, 0.5) is 34.1 Å². The van der Waals surface area contributed by atoms with Gasteiger partial charge < -0.3 is 14.2 Å². The Hall–Kier alpha value is -6.84. The first-order valence-corrected chi connectivity index (χ1v) is 19.8. The van der Waals surface area contributed by atoms with Crippen LogP contribution in [0.15, 0.2) is 199 Å². The summed E-state index contributed by atoms with van der Waals surface area (Å²) < 4.78 is 6.34. The zero-order valence-corrected chi connectivity index (χ0v) is 31.1. The first-order valence-electron chi connectivity index (χ1n) is 19.8. The van der Waals surface area contributed by atoms with Gasteiger partial charge in [0.05, 0.1) is 11.4 Å². The Kier molecular flexibility index (Phi) is 7.67. The van der Waals surface area contributed by atoms with Crippen LogP contribution in [0.3, 0.4) is 0 Å². The third kappa shape index (κ3) is 5.19. The van der Waals surface area contributed by atoms with Gasteiger partial charge in [0.2, 0.25) is 0 Å². The Morgan fingerprint density at radius 1 is 0.375 bits per heavy atom. The quantitative estimate of drug-likeness (QED) is 0.163. The molecular formula is C53H40N2O. The molecule has 0 saturated carbocycles. The van der Waals surface area contributed by atoms with Crippen LogP contribution in [0.2, 0.25) is 0 Å². The molecule has 0 saturated heterocycles. The van der Waals surface area contributed by atoms with E-state index in [1.807, 2.05) is 6.07 Å². The summed E-state index contributed by atoms with van der Waals surface area (Å²) in [5.41, 5.74) is 17.0. The van der Waals surface area contributed by atoms with Crippen LogP contribution in [0.1, 0.15) is 35.1 Å². The number of hydrogen-bond acceptors (Lipinski definition) is 3. The minimum atomic E-state index is -0.158. The van der Waals surface area contributed by atoms with Crippen molar-refractivity contribution in [2.24, 2.45) is 0 Å². The molecule has 2 aliphatic rings. The monoisotopic (exact) mass is 720 g/mol. The van der Waals surface area contributed by atoms with Crippen LogP contribution in [-0.4, -0.2) is 0 Å². The zero-order chi connectivity index (χ0) is 37.1. The average molecular weight is 721 g/mol. The standard InChI is InChI=1S/C53H40N2O/c1-4-14-37(15-5-1)38-26-28-43(29-27-38)55(44-30-31-50-46(36-44)45-22-10-11-25-49(45)56-50)48-24-13-17-40-33-35-53(52(40)48)34-32-39-16-12-23-47(51(39)53)54(41-18-6-2-7-19-41)42-20-8-3-9-21-42/h1-31,36H,32-35H2/t53-/m1/s1. The maximum absolute atomic E-state index is 6.34. The fourth-order valence-electron chi connectivity index (χ4n) is 9.81. The normalized spacial score (nSPS) is 15.6. The summed E-state index contributed by atoms with van der Waals surface area (Å²) in [5, 5.41) is 2.26. The van der Waals surface area contributed by atoms with Crippen molar-refractivity contribution in [2.45, 2.75) is 31.1 Å². The number of benzene rings is 8. The van der Waals surface area contributed by atoms with Crippen molar-refractivity contribution in [3.63, 3.8) is 0 Å². The molecule has 268 valence electrons. The van der Waals surface area contributed by atoms with Crippen LogP contribution >= 0.6 is 0 Å². The Labute approximate surface area is 327 Å². The van der Waals surface area contributed by atoms with Crippen molar-refractivity contribution in [3.8, 4) is 11.1 Å². The Morgan fingerprint density at radius 3 is 1.48 bits per heavy atom. The molecule has 3 nitrogen and oxygen atoms in total. The molecule has 0 unspecified atom stereocenters.